The predicted octanol–water partition coefficient (Wildman–Crippen LogP) is 4.64. The molecular weight excluding hydrogens is 406 g/mol. The van der Waals surface area contributed by atoms with E-state index in [4.69, 9.17) is 9.47 Å². The number of hydrogen-bond acceptors (Lipinski definition) is 5. The van der Waals surface area contributed by atoms with Gasteiger partial charge in [-0.2, -0.15) is 0 Å². The molecule has 0 unspecified atom stereocenters. The van der Waals surface area contributed by atoms with Crippen molar-refractivity contribution >= 4 is 23.1 Å². The molecule has 162 valence electrons. The molecule has 1 amide bonds. The number of aryl methyl sites for hydroxylation is 1. The highest BCUT2D eigenvalue weighted by atomic mass is 16.5. The Bertz CT molecular complexity index is 1200. The number of ketones is 1. The van der Waals surface area contributed by atoms with Crippen molar-refractivity contribution in [3.8, 4) is 11.5 Å². The van der Waals surface area contributed by atoms with E-state index < -0.39 is 17.7 Å². The number of amides is 1. The van der Waals surface area contributed by atoms with Crippen molar-refractivity contribution in [1.82, 2.24) is 0 Å². The minimum atomic E-state index is -0.876. The van der Waals surface area contributed by atoms with Crippen molar-refractivity contribution < 1.29 is 24.2 Å². The molecule has 1 saturated heterocycles. The van der Waals surface area contributed by atoms with Gasteiger partial charge in [-0.1, -0.05) is 48.0 Å². The van der Waals surface area contributed by atoms with Gasteiger partial charge in [-0.05, 0) is 31.2 Å². The van der Waals surface area contributed by atoms with Crippen LogP contribution in [0.4, 0.5) is 5.69 Å². The topological polar surface area (TPSA) is 76.1 Å². The van der Waals surface area contributed by atoms with Gasteiger partial charge in [-0.25, -0.2) is 0 Å². The average Bonchev–Trinajstić information content (AvgIpc) is 3.09. The molecule has 0 spiro atoms. The molecule has 1 fully saturated rings. The van der Waals surface area contributed by atoms with Gasteiger partial charge in [-0.3, -0.25) is 14.5 Å². The zero-order chi connectivity index (χ0) is 22.8. The summed E-state index contributed by atoms with van der Waals surface area (Å²) in [7, 11) is 3.05. The third-order valence-electron chi connectivity index (χ3n) is 5.54. The molecule has 3 aromatic rings. The molecule has 4 rings (SSSR count). The number of rotatable bonds is 5. The Morgan fingerprint density at radius 1 is 0.906 bits per heavy atom. The highest BCUT2D eigenvalue weighted by molar-refractivity contribution is 6.51. The summed E-state index contributed by atoms with van der Waals surface area (Å²) in [5, 5.41) is 11.1. The molecule has 1 aliphatic heterocycles. The summed E-state index contributed by atoms with van der Waals surface area (Å²) in [4.78, 5) is 27.8. The standard InChI is InChI=1S/C26H23NO5/c1-16-9-11-18(12-10-16)27-23(20-14-13-19(31-2)15-21(20)32-3)22(25(29)26(27)30)24(28)17-7-5-4-6-8-17/h4-15,23,28H,1-3H3/t23-/m0/s1. The molecule has 1 atom stereocenters. The Morgan fingerprint density at radius 2 is 1.59 bits per heavy atom. The fourth-order valence-electron chi connectivity index (χ4n) is 3.89. The van der Waals surface area contributed by atoms with Crippen molar-refractivity contribution in [2.24, 2.45) is 0 Å². The quantitative estimate of drug-likeness (QED) is 0.363. The average molecular weight is 429 g/mol. The van der Waals surface area contributed by atoms with Crippen LogP contribution in [0.15, 0.2) is 78.4 Å². The summed E-state index contributed by atoms with van der Waals surface area (Å²) >= 11 is 0. The number of carbonyl (C=O) groups excluding carboxylic acids is 2. The number of aliphatic hydroxyl groups is 1. The van der Waals surface area contributed by atoms with E-state index in [1.54, 1.807) is 61.7 Å². The van der Waals surface area contributed by atoms with Crippen LogP contribution in [0.25, 0.3) is 5.76 Å². The van der Waals surface area contributed by atoms with Crippen LogP contribution in [0.5, 0.6) is 11.5 Å². The van der Waals surface area contributed by atoms with E-state index in [1.165, 1.54) is 12.0 Å². The van der Waals surface area contributed by atoms with Gasteiger partial charge in [0, 0.05) is 22.9 Å². The van der Waals surface area contributed by atoms with E-state index in [0.29, 0.717) is 28.3 Å². The van der Waals surface area contributed by atoms with Crippen LogP contribution in [-0.4, -0.2) is 31.0 Å². The number of ether oxygens (including phenoxy) is 2. The van der Waals surface area contributed by atoms with Crippen LogP contribution in [0.1, 0.15) is 22.7 Å². The second-order valence-electron chi connectivity index (χ2n) is 7.48. The Kier molecular flexibility index (Phi) is 5.69. The summed E-state index contributed by atoms with van der Waals surface area (Å²) in [5.74, 6) is -0.696. The number of methoxy groups -OCH3 is 2. The number of carbonyl (C=O) groups is 2. The van der Waals surface area contributed by atoms with E-state index in [0.717, 1.165) is 5.56 Å². The molecule has 0 radical (unpaired) electrons. The molecule has 0 bridgehead atoms. The number of hydrogen-bond donors (Lipinski definition) is 1. The summed E-state index contributed by atoms with van der Waals surface area (Å²) < 4.78 is 10.9. The normalized spacial score (nSPS) is 17.5. The van der Waals surface area contributed by atoms with Crippen molar-refractivity contribution in [2.45, 2.75) is 13.0 Å². The third kappa shape index (κ3) is 3.60. The van der Waals surface area contributed by atoms with Crippen LogP contribution in [0.2, 0.25) is 0 Å². The van der Waals surface area contributed by atoms with Crippen molar-refractivity contribution in [2.75, 3.05) is 19.1 Å². The molecule has 6 heteroatoms. The smallest absolute Gasteiger partial charge is 0.300 e. The van der Waals surface area contributed by atoms with Crippen LogP contribution < -0.4 is 14.4 Å². The van der Waals surface area contributed by atoms with Crippen LogP contribution in [0.3, 0.4) is 0 Å². The van der Waals surface area contributed by atoms with Gasteiger partial charge in [0.2, 0.25) is 0 Å². The number of benzene rings is 3. The van der Waals surface area contributed by atoms with E-state index in [2.05, 4.69) is 0 Å². The van der Waals surface area contributed by atoms with E-state index in [1.807, 2.05) is 25.1 Å². The van der Waals surface area contributed by atoms with E-state index in [-0.39, 0.29) is 11.3 Å². The van der Waals surface area contributed by atoms with Gasteiger partial charge in [0.25, 0.3) is 11.7 Å². The molecule has 1 aliphatic rings. The van der Waals surface area contributed by atoms with Crippen molar-refractivity contribution in [3.05, 3.63) is 95.1 Å². The first-order valence-electron chi connectivity index (χ1n) is 10.1. The first-order valence-corrected chi connectivity index (χ1v) is 10.1. The van der Waals surface area contributed by atoms with Gasteiger partial charge >= 0.3 is 0 Å². The Balaban J connectivity index is 1.99. The van der Waals surface area contributed by atoms with Crippen LogP contribution >= 0.6 is 0 Å². The Labute approximate surface area is 186 Å². The number of Topliss-reactive ketones (excluding diaryl/α,β-unsaturated/α-hetero) is 1. The molecule has 0 saturated carbocycles. The second kappa shape index (κ2) is 8.59. The summed E-state index contributed by atoms with van der Waals surface area (Å²) in [6.45, 7) is 1.94. The lowest BCUT2D eigenvalue weighted by Gasteiger charge is -2.27. The molecular formula is C26H23NO5. The SMILES string of the molecule is COc1ccc([C@H]2C(=C(O)c3ccccc3)C(=O)C(=O)N2c2ccc(C)cc2)c(OC)c1. The van der Waals surface area contributed by atoms with Gasteiger partial charge in [-0.15, -0.1) is 0 Å². The summed E-state index contributed by atoms with van der Waals surface area (Å²) in [6.07, 6.45) is 0. The first kappa shape index (κ1) is 21.2. The maximum atomic E-state index is 13.2. The van der Waals surface area contributed by atoms with Gasteiger partial charge in [0.05, 0.1) is 25.8 Å². The zero-order valence-corrected chi connectivity index (χ0v) is 18.0. The fourth-order valence-corrected chi connectivity index (χ4v) is 3.89. The molecule has 1 heterocycles. The molecule has 6 nitrogen and oxygen atoms in total. The third-order valence-corrected chi connectivity index (χ3v) is 5.54. The lowest BCUT2D eigenvalue weighted by Crippen LogP contribution is -2.29. The molecule has 32 heavy (non-hydrogen) atoms. The molecule has 0 aliphatic carbocycles. The molecule has 0 aromatic heterocycles. The maximum absolute atomic E-state index is 13.2. The lowest BCUT2D eigenvalue weighted by atomic mass is 9.94. The van der Waals surface area contributed by atoms with E-state index >= 15 is 0 Å². The number of nitrogens with zero attached hydrogens (tertiary/aromatic N) is 1. The first-order chi connectivity index (χ1) is 15.5. The maximum Gasteiger partial charge on any atom is 0.300 e. The second-order valence-corrected chi connectivity index (χ2v) is 7.48. The van der Waals surface area contributed by atoms with Crippen LogP contribution in [-0.2, 0) is 9.59 Å². The van der Waals surface area contributed by atoms with E-state index in [9.17, 15) is 14.7 Å². The fraction of sp³-hybridized carbons (Fsp3) is 0.154. The lowest BCUT2D eigenvalue weighted by molar-refractivity contribution is -0.132. The minimum absolute atomic E-state index is 0.00485. The predicted molar refractivity (Wildman–Crippen MR) is 122 cm³/mol. The summed E-state index contributed by atoms with van der Waals surface area (Å²) in [6, 6.07) is 20.3. The van der Waals surface area contributed by atoms with Gasteiger partial charge in [0.15, 0.2) is 0 Å². The van der Waals surface area contributed by atoms with Crippen molar-refractivity contribution in [3.63, 3.8) is 0 Å². The Morgan fingerprint density at radius 3 is 2.22 bits per heavy atom. The van der Waals surface area contributed by atoms with Crippen molar-refractivity contribution in [1.29, 1.82) is 0 Å². The Hall–Kier alpha value is -4.06. The number of aliphatic hydroxyl groups excluding tert-OH is 1. The largest absolute Gasteiger partial charge is 0.507 e. The molecule has 3 aromatic carbocycles. The minimum Gasteiger partial charge on any atom is -0.507 e. The zero-order valence-electron chi connectivity index (χ0n) is 18.0. The molecule has 1 N–H and O–H groups in total. The monoisotopic (exact) mass is 429 g/mol. The highest BCUT2D eigenvalue weighted by Crippen LogP contribution is 2.45. The van der Waals surface area contributed by atoms with Crippen LogP contribution in [0, 0.1) is 6.92 Å². The summed E-state index contributed by atoms with van der Waals surface area (Å²) in [5.41, 5.74) is 2.59. The number of anilines is 1. The van der Waals surface area contributed by atoms with Gasteiger partial charge in [0.1, 0.15) is 17.3 Å². The van der Waals surface area contributed by atoms with Gasteiger partial charge < -0.3 is 14.6 Å². The highest BCUT2D eigenvalue weighted by Gasteiger charge is 2.48.